The number of hydrogen-bond acceptors (Lipinski definition) is 2. The lowest BCUT2D eigenvalue weighted by atomic mass is 10.2. The van der Waals surface area contributed by atoms with Crippen LogP contribution >= 0.6 is 0 Å². The molecule has 0 atom stereocenters. The van der Waals surface area contributed by atoms with E-state index in [1.54, 1.807) is 0 Å². The summed E-state index contributed by atoms with van der Waals surface area (Å²) >= 11 is 0. The molecule has 0 bridgehead atoms. The Balaban J connectivity index is 1.96. The van der Waals surface area contributed by atoms with Crippen molar-refractivity contribution in [3.63, 3.8) is 0 Å². The van der Waals surface area contributed by atoms with Gasteiger partial charge in [-0.25, -0.2) is 8.78 Å². The molecule has 0 saturated heterocycles. The zero-order chi connectivity index (χ0) is 16.8. The van der Waals surface area contributed by atoms with E-state index in [0.717, 1.165) is 23.4 Å². The van der Waals surface area contributed by atoms with E-state index in [0.29, 0.717) is 0 Å². The van der Waals surface area contributed by atoms with Gasteiger partial charge in [-0.05, 0) is 36.4 Å². The van der Waals surface area contributed by atoms with Crippen LogP contribution in [0.4, 0.5) is 14.5 Å². The molecule has 0 aliphatic rings. The Kier molecular flexibility index (Phi) is 5.32. The fourth-order valence-electron chi connectivity index (χ4n) is 1.92. The van der Waals surface area contributed by atoms with Crippen LogP contribution in [-0.4, -0.2) is 26.5 Å². The maximum absolute atomic E-state index is 13.4. The van der Waals surface area contributed by atoms with Crippen LogP contribution in [0.25, 0.3) is 0 Å². The van der Waals surface area contributed by atoms with Crippen LogP contribution in [0.2, 0.25) is 0 Å². The first kappa shape index (κ1) is 16.5. The minimum atomic E-state index is -0.894. The van der Waals surface area contributed by atoms with Gasteiger partial charge in [-0.2, -0.15) is 0 Å². The number of hydrogen-bond donors (Lipinski definition) is 1. The summed E-state index contributed by atoms with van der Waals surface area (Å²) in [6, 6.07) is 10.9. The zero-order valence-electron chi connectivity index (χ0n) is 12.9. The molecule has 5 heteroatoms. The van der Waals surface area contributed by atoms with Crippen molar-refractivity contribution in [1.29, 1.82) is 0 Å². The van der Waals surface area contributed by atoms with E-state index in [1.165, 1.54) is 6.07 Å². The molecule has 0 aliphatic heterocycles. The lowest BCUT2D eigenvalue weighted by Crippen LogP contribution is -2.25. The maximum atomic E-state index is 13.4. The van der Waals surface area contributed by atoms with Crippen LogP contribution in [0, 0.1) is 23.5 Å². The van der Waals surface area contributed by atoms with Gasteiger partial charge in [0.25, 0.3) is 5.91 Å². The average Bonchev–Trinajstić information content (AvgIpc) is 2.52. The van der Waals surface area contributed by atoms with Gasteiger partial charge in [0.15, 0.2) is 0 Å². The van der Waals surface area contributed by atoms with E-state index in [4.69, 9.17) is 0 Å². The molecule has 0 heterocycles. The Morgan fingerprint density at radius 3 is 2.26 bits per heavy atom. The van der Waals surface area contributed by atoms with Crippen molar-refractivity contribution in [2.75, 3.05) is 25.5 Å². The topological polar surface area (TPSA) is 32.3 Å². The third kappa shape index (κ3) is 4.30. The summed E-state index contributed by atoms with van der Waals surface area (Å²) in [6.45, 7) is 0.00202. The Bertz CT molecular complexity index is 739. The second-order valence-electron chi connectivity index (χ2n) is 5.02. The zero-order valence-corrected chi connectivity index (χ0v) is 12.9. The van der Waals surface area contributed by atoms with Gasteiger partial charge in [0.1, 0.15) is 17.2 Å². The number of halogens is 2. The average molecular weight is 314 g/mol. The van der Waals surface area contributed by atoms with E-state index in [9.17, 15) is 13.6 Å². The first-order valence-electron chi connectivity index (χ1n) is 6.97. The highest BCUT2D eigenvalue weighted by atomic mass is 19.1. The van der Waals surface area contributed by atoms with Crippen molar-refractivity contribution in [2.24, 2.45) is 0 Å². The second-order valence-corrected chi connectivity index (χ2v) is 5.02. The largest absolute Gasteiger partial charge is 0.378 e. The van der Waals surface area contributed by atoms with Crippen LogP contribution in [0.1, 0.15) is 15.9 Å². The van der Waals surface area contributed by atoms with E-state index >= 15 is 0 Å². The Hall–Kier alpha value is -2.87. The maximum Gasteiger partial charge on any atom is 0.258 e. The Morgan fingerprint density at radius 2 is 1.70 bits per heavy atom. The smallest absolute Gasteiger partial charge is 0.258 e. The minimum Gasteiger partial charge on any atom is -0.378 e. The fraction of sp³-hybridized carbons (Fsp3) is 0.167. The monoisotopic (exact) mass is 314 g/mol. The summed E-state index contributed by atoms with van der Waals surface area (Å²) in [5, 5.41) is 2.38. The number of carbonyl (C=O) groups excluding carboxylic acids is 1. The molecule has 2 aromatic rings. The van der Waals surface area contributed by atoms with Crippen molar-refractivity contribution in [1.82, 2.24) is 5.32 Å². The first-order valence-corrected chi connectivity index (χ1v) is 6.97. The highest BCUT2D eigenvalue weighted by molar-refractivity contribution is 5.94. The molecule has 3 nitrogen and oxygen atoms in total. The number of carbonyl (C=O) groups is 1. The van der Waals surface area contributed by atoms with Gasteiger partial charge < -0.3 is 10.2 Å². The van der Waals surface area contributed by atoms with Crippen LogP contribution in [-0.2, 0) is 0 Å². The van der Waals surface area contributed by atoms with Gasteiger partial charge >= 0.3 is 0 Å². The van der Waals surface area contributed by atoms with Crippen LogP contribution in [0.15, 0.2) is 42.5 Å². The van der Waals surface area contributed by atoms with Gasteiger partial charge in [-0.15, -0.1) is 0 Å². The van der Waals surface area contributed by atoms with Crippen molar-refractivity contribution in [3.05, 3.63) is 65.2 Å². The van der Waals surface area contributed by atoms with Crippen LogP contribution < -0.4 is 10.2 Å². The quantitative estimate of drug-likeness (QED) is 0.884. The lowest BCUT2D eigenvalue weighted by Gasteiger charge is -2.11. The number of rotatable bonds is 3. The molecular weight excluding hydrogens is 298 g/mol. The van der Waals surface area contributed by atoms with Crippen molar-refractivity contribution < 1.29 is 13.6 Å². The third-order valence-electron chi connectivity index (χ3n) is 3.14. The first-order chi connectivity index (χ1) is 11.0. The summed E-state index contributed by atoms with van der Waals surface area (Å²) < 4.78 is 26.9. The van der Waals surface area contributed by atoms with E-state index in [1.807, 2.05) is 43.3 Å². The number of benzene rings is 2. The summed E-state index contributed by atoms with van der Waals surface area (Å²) in [7, 11) is 3.89. The molecule has 23 heavy (non-hydrogen) atoms. The summed E-state index contributed by atoms with van der Waals surface area (Å²) in [4.78, 5) is 13.7. The summed E-state index contributed by atoms with van der Waals surface area (Å²) in [5.41, 5.74) is 1.26. The molecule has 0 aliphatic carbocycles. The number of anilines is 1. The van der Waals surface area contributed by atoms with Crippen LogP contribution in [0.3, 0.4) is 0 Å². The molecule has 1 N–H and O–H groups in total. The Morgan fingerprint density at radius 1 is 1.09 bits per heavy atom. The molecule has 0 spiro atoms. The molecule has 2 rings (SSSR count). The van der Waals surface area contributed by atoms with E-state index in [2.05, 4.69) is 17.2 Å². The molecule has 0 radical (unpaired) electrons. The van der Waals surface area contributed by atoms with Crippen LogP contribution in [0.5, 0.6) is 0 Å². The predicted molar refractivity (Wildman–Crippen MR) is 86.3 cm³/mol. The molecule has 0 saturated carbocycles. The molecule has 2 aromatic carbocycles. The molecule has 1 amide bonds. The van der Waals surface area contributed by atoms with Gasteiger partial charge in [-0.3, -0.25) is 4.79 Å². The molecule has 118 valence electrons. The van der Waals surface area contributed by atoms with Gasteiger partial charge in [0, 0.05) is 25.3 Å². The Labute approximate surface area is 133 Å². The van der Waals surface area contributed by atoms with Crippen molar-refractivity contribution in [2.45, 2.75) is 0 Å². The number of nitrogens with zero attached hydrogens (tertiary/aromatic N) is 1. The molecule has 0 fully saturated rings. The SMILES string of the molecule is CN(C)c1ccc(C#CCNC(=O)c2c(F)cccc2F)cc1. The second kappa shape index (κ2) is 7.41. The number of nitrogens with one attached hydrogen (secondary N) is 1. The molecule has 0 unspecified atom stereocenters. The lowest BCUT2D eigenvalue weighted by molar-refractivity contribution is 0.0950. The highest BCUT2D eigenvalue weighted by Gasteiger charge is 2.15. The highest BCUT2D eigenvalue weighted by Crippen LogP contribution is 2.12. The third-order valence-corrected chi connectivity index (χ3v) is 3.14. The van der Waals surface area contributed by atoms with Gasteiger partial charge in [-0.1, -0.05) is 17.9 Å². The van der Waals surface area contributed by atoms with E-state index in [-0.39, 0.29) is 6.54 Å². The summed E-state index contributed by atoms with van der Waals surface area (Å²) in [6.07, 6.45) is 0. The molecule has 0 aromatic heterocycles. The fourth-order valence-corrected chi connectivity index (χ4v) is 1.92. The van der Waals surface area contributed by atoms with Crippen molar-refractivity contribution in [3.8, 4) is 11.8 Å². The number of amides is 1. The summed E-state index contributed by atoms with van der Waals surface area (Å²) in [5.74, 6) is 3.02. The van der Waals surface area contributed by atoms with Gasteiger partial charge in [0.05, 0.1) is 6.54 Å². The minimum absolute atomic E-state index is 0.00202. The van der Waals surface area contributed by atoms with Crippen molar-refractivity contribution >= 4 is 11.6 Å². The molecular formula is C18H16F2N2O. The van der Waals surface area contributed by atoms with E-state index < -0.39 is 23.1 Å². The predicted octanol–water partition coefficient (Wildman–Crippen LogP) is 2.81. The normalized spacial score (nSPS) is 9.74. The standard InChI is InChI=1S/C18H16F2N2O/c1-22(2)14-10-8-13(9-11-14)5-4-12-21-18(23)17-15(19)6-3-7-16(17)20/h3,6-11H,12H2,1-2H3,(H,21,23). The van der Waals surface area contributed by atoms with Gasteiger partial charge in [0.2, 0.25) is 0 Å².